The molecular weight excluding hydrogens is 486 g/mol. The highest BCUT2D eigenvalue weighted by Gasteiger charge is 2.18. The molecule has 0 saturated carbocycles. The van der Waals surface area contributed by atoms with Gasteiger partial charge in [0.2, 0.25) is 0 Å². The van der Waals surface area contributed by atoms with Crippen molar-refractivity contribution in [3.8, 4) is 16.9 Å². The van der Waals surface area contributed by atoms with E-state index < -0.39 is 0 Å². The first kappa shape index (κ1) is 21.5. The van der Waals surface area contributed by atoms with Crippen LogP contribution in [0.15, 0.2) is 140 Å². The van der Waals surface area contributed by atoms with Crippen molar-refractivity contribution in [3.05, 3.63) is 140 Å². The fourth-order valence-corrected chi connectivity index (χ4v) is 6.57. The van der Waals surface area contributed by atoms with E-state index in [2.05, 4.69) is 135 Å². The minimum Gasteiger partial charge on any atom is -0.309 e. The summed E-state index contributed by atoms with van der Waals surface area (Å²) in [6.07, 6.45) is 1.85. The summed E-state index contributed by atoms with van der Waals surface area (Å²) in [5.74, 6) is 0. The van der Waals surface area contributed by atoms with Crippen LogP contribution in [0.4, 0.5) is 0 Å². The van der Waals surface area contributed by atoms with E-state index in [4.69, 9.17) is 0 Å². The van der Waals surface area contributed by atoms with E-state index in [1.807, 2.05) is 18.3 Å². The van der Waals surface area contributed by atoms with Crippen molar-refractivity contribution in [2.75, 3.05) is 0 Å². The molecule has 0 aliphatic rings. The Morgan fingerprint density at radius 1 is 0.425 bits per heavy atom. The molecule has 0 aliphatic carbocycles. The average molecular weight is 510 g/mol. The highest BCUT2D eigenvalue weighted by atomic mass is 15.0. The van der Waals surface area contributed by atoms with Crippen LogP contribution in [-0.2, 0) is 0 Å². The number of rotatable bonds is 2. The lowest BCUT2D eigenvalue weighted by Crippen LogP contribution is -1.96. The van der Waals surface area contributed by atoms with Gasteiger partial charge in [0.15, 0.2) is 0 Å². The molecule has 0 N–H and O–H groups in total. The van der Waals surface area contributed by atoms with Crippen LogP contribution in [0.3, 0.4) is 0 Å². The lowest BCUT2D eigenvalue weighted by atomic mass is 10.0. The molecule has 0 radical (unpaired) electrons. The summed E-state index contributed by atoms with van der Waals surface area (Å²) in [6, 6.07) is 48.1. The number of aromatic nitrogens is 3. The second-order valence-corrected chi connectivity index (χ2v) is 10.5. The van der Waals surface area contributed by atoms with Crippen LogP contribution in [0.25, 0.3) is 76.8 Å². The number of fused-ring (bicyclic) bond motifs is 11. The Kier molecular flexibility index (Phi) is 4.33. The van der Waals surface area contributed by atoms with Gasteiger partial charge in [0, 0.05) is 44.4 Å². The summed E-state index contributed by atoms with van der Waals surface area (Å²) >= 11 is 0. The summed E-state index contributed by atoms with van der Waals surface area (Å²) in [6.45, 7) is 0. The highest BCUT2D eigenvalue weighted by molar-refractivity contribution is 6.21. The Balaban J connectivity index is 1.47. The van der Waals surface area contributed by atoms with Crippen LogP contribution in [-0.4, -0.2) is 14.0 Å². The maximum Gasteiger partial charge on any atom is 0.0702 e. The topological polar surface area (TPSA) is 22.2 Å². The second kappa shape index (κ2) is 8.05. The molecule has 0 unspecified atom stereocenters. The number of hydrogen-bond acceptors (Lipinski definition) is 1. The van der Waals surface area contributed by atoms with Gasteiger partial charge in [0.1, 0.15) is 0 Å². The van der Waals surface area contributed by atoms with Crippen molar-refractivity contribution in [1.82, 2.24) is 14.0 Å². The molecule has 40 heavy (non-hydrogen) atoms. The monoisotopic (exact) mass is 509 g/mol. The lowest BCUT2D eigenvalue weighted by Gasteiger charge is -2.13. The van der Waals surface area contributed by atoms with Gasteiger partial charge in [-0.15, -0.1) is 0 Å². The summed E-state index contributed by atoms with van der Waals surface area (Å²) in [4.78, 5) is 4.61. The maximum absolute atomic E-state index is 4.61. The van der Waals surface area contributed by atoms with Gasteiger partial charge < -0.3 is 8.97 Å². The van der Waals surface area contributed by atoms with Crippen LogP contribution < -0.4 is 0 Å². The lowest BCUT2D eigenvalue weighted by molar-refractivity contribution is 1.18. The van der Waals surface area contributed by atoms with Gasteiger partial charge in [-0.3, -0.25) is 4.98 Å². The predicted octanol–water partition coefficient (Wildman–Crippen LogP) is 9.56. The summed E-state index contributed by atoms with van der Waals surface area (Å²) < 4.78 is 4.85. The van der Waals surface area contributed by atoms with E-state index >= 15 is 0 Å². The number of nitrogens with zero attached hydrogens (tertiary/aromatic N) is 3. The van der Waals surface area contributed by atoms with E-state index in [1.165, 1.54) is 59.9 Å². The molecule has 0 aliphatic heterocycles. The Morgan fingerprint density at radius 3 is 1.98 bits per heavy atom. The zero-order valence-electron chi connectivity index (χ0n) is 21.6. The molecule has 3 heteroatoms. The van der Waals surface area contributed by atoms with Crippen molar-refractivity contribution in [2.45, 2.75) is 0 Å². The molecule has 0 bridgehead atoms. The molecule has 9 rings (SSSR count). The quantitative estimate of drug-likeness (QED) is 0.213. The molecule has 4 aromatic heterocycles. The molecule has 4 heterocycles. The van der Waals surface area contributed by atoms with Crippen molar-refractivity contribution in [2.24, 2.45) is 0 Å². The molecular formula is C37H23N3. The molecule has 0 atom stereocenters. The summed E-state index contributed by atoms with van der Waals surface area (Å²) in [5, 5.41) is 7.59. The van der Waals surface area contributed by atoms with Crippen LogP contribution in [0.1, 0.15) is 0 Å². The van der Waals surface area contributed by atoms with Crippen molar-refractivity contribution in [1.29, 1.82) is 0 Å². The molecule has 5 aromatic carbocycles. The Labute approximate surface area is 230 Å². The third-order valence-electron chi connectivity index (χ3n) is 8.30. The molecule has 0 spiro atoms. The van der Waals surface area contributed by atoms with E-state index in [0.717, 1.165) is 16.9 Å². The molecule has 0 saturated heterocycles. The fraction of sp³-hybridized carbons (Fsp3) is 0. The van der Waals surface area contributed by atoms with Gasteiger partial charge in [-0.2, -0.15) is 0 Å². The number of hydrogen-bond donors (Lipinski definition) is 0. The Hall–Kier alpha value is -5.41. The largest absolute Gasteiger partial charge is 0.309 e. The highest BCUT2D eigenvalue weighted by Crippen LogP contribution is 2.40. The fourth-order valence-electron chi connectivity index (χ4n) is 6.57. The molecule has 0 fully saturated rings. The van der Waals surface area contributed by atoms with E-state index in [1.54, 1.807) is 0 Å². The van der Waals surface area contributed by atoms with Crippen LogP contribution in [0.5, 0.6) is 0 Å². The molecule has 3 nitrogen and oxygen atoms in total. The number of pyridine rings is 2. The first-order chi connectivity index (χ1) is 19.8. The first-order valence-corrected chi connectivity index (χ1v) is 13.6. The number of para-hydroxylation sites is 2. The van der Waals surface area contributed by atoms with Gasteiger partial charge in [0.05, 0.1) is 33.3 Å². The van der Waals surface area contributed by atoms with Gasteiger partial charge in [0.25, 0.3) is 0 Å². The maximum atomic E-state index is 4.61. The van der Waals surface area contributed by atoms with Crippen molar-refractivity contribution < 1.29 is 0 Å². The van der Waals surface area contributed by atoms with E-state index in [-0.39, 0.29) is 0 Å². The van der Waals surface area contributed by atoms with Gasteiger partial charge in [-0.05, 0) is 60.0 Å². The third-order valence-corrected chi connectivity index (χ3v) is 8.30. The van der Waals surface area contributed by atoms with Crippen molar-refractivity contribution >= 4 is 59.9 Å². The van der Waals surface area contributed by atoms with Gasteiger partial charge in [-0.1, -0.05) is 78.9 Å². The van der Waals surface area contributed by atoms with E-state index in [9.17, 15) is 0 Å². The smallest absolute Gasteiger partial charge is 0.0702 e. The van der Waals surface area contributed by atoms with Gasteiger partial charge >= 0.3 is 0 Å². The zero-order chi connectivity index (χ0) is 26.2. The third kappa shape index (κ3) is 2.92. The minimum atomic E-state index is 0.975. The van der Waals surface area contributed by atoms with E-state index in [0.29, 0.717) is 0 Å². The first-order valence-electron chi connectivity index (χ1n) is 13.6. The molecule has 9 aromatic rings. The minimum absolute atomic E-state index is 0.975. The van der Waals surface area contributed by atoms with Crippen LogP contribution >= 0.6 is 0 Å². The van der Waals surface area contributed by atoms with Gasteiger partial charge in [-0.25, -0.2) is 0 Å². The second-order valence-electron chi connectivity index (χ2n) is 10.5. The molecule has 186 valence electrons. The summed E-state index contributed by atoms with van der Waals surface area (Å²) in [7, 11) is 0. The van der Waals surface area contributed by atoms with Crippen LogP contribution in [0.2, 0.25) is 0 Å². The molecule has 0 amide bonds. The van der Waals surface area contributed by atoms with Crippen LogP contribution in [0, 0.1) is 0 Å². The Bertz CT molecular complexity index is 2430. The predicted molar refractivity (Wildman–Crippen MR) is 167 cm³/mol. The SMILES string of the molecule is c1ccc(-c2cccc(-n3c4ccccc4c4cc5c6ccccc6c6cc7ccccc7n6c5cc43)c2)nc1. The van der Waals surface area contributed by atoms with Crippen molar-refractivity contribution in [3.63, 3.8) is 0 Å². The Morgan fingerprint density at radius 2 is 1.12 bits per heavy atom. The standard InChI is InChI=1S/C37H23N3/c1-5-17-33-25(10-1)21-35-28-14-3-2-13-27(28)30-22-31-29-15-4-6-18-34(29)39(36(31)23-37(30)40(33)35)26-12-9-11-24(20-26)32-16-7-8-19-38-32/h1-23H. The summed E-state index contributed by atoms with van der Waals surface area (Å²) in [5.41, 5.74) is 9.29. The number of benzene rings is 5. The normalized spacial score (nSPS) is 12.0. The average Bonchev–Trinajstić information content (AvgIpc) is 3.57. The zero-order valence-corrected chi connectivity index (χ0v) is 21.6.